The summed E-state index contributed by atoms with van der Waals surface area (Å²) in [5.74, 6) is 0.565. The number of aromatic nitrogens is 1. The van der Waals surface area contributed by atoms with Crippen molar-refractivity contribution in [2.24, 2.45) is 0 Å². The monoisotopic (exact) mass is 522 g/mol. The van der Waals surface area contributed by atoms with Crippen molar-refractivity contribution < 1.29 is 40.6 Å². The maximum Gasteiger partial charge on any atom is 0.427 e. The highest BCUT2D eigenvalue weighted by Gasteiger charge is 2.51. The predicted molar refractivity (Wildman–Crippen MR) is 121 cm³/mol. The van der Waals surface area contributed by atoms with Crippen LogP contribution in [0, 0.1) is 6.92 Å². The van der Waals surface area contributed by atoms with E-state index in [9.17, 15) is 26.4 Å². The molecular weight excluding hydrogens is 489 g/mol. The summed E-state index contributed by atoms with van der Waals surface area (Å²) in [6, 6.07) is 3.08. The normalized spacial score (nSPS) is 22.7. The zero-order valence-electron chi connectivity index (χ0n) is 20.4. The van der Waals surface area contributed by atoms with Crippen LogP contribution in [0.4, 0.5) is 18.0 Å². The quantitative estimate of drug-likeness (QED) is 0.545. The number of rotatable bonds is 6. The van der Waals surface area contributed by atoms with Crippen LogP contribution < -0.4 is 4.74 Å². The average Bonchev–Trinajstić information content (AvgIpc) is 2.75. The van der Waals surface area contributed by atoms with Crippen LogP contribution in [0.1, 0.15) is 58.1 Å². The topological polar surface area (TPSA) is 95.0 Å². The van der Waals surface area contributed by atoms with Crippen molar-refractivity contribution in [2.45, 2.75) is 94.4 Å². The molecule has 0 unspecified atom stereocenters. The van der Waals surface area contributed by atoms with Gasteiger partial charge < -0.3 is 19.1 Å². The lowest BCUT2D eigenvalue weighted by molar-refractivity contribution is -0.246. The van der Waals surface area contributed by atoms with Gasteiger partial charge in [0.25, 0.3) is 0 Å². The van der Waals surface area contributed by atoms with E-state index in [1.54, 1.807) is 13.0 Å². The van der Waals surface area contributed by atoms with E-state index in [1.807, 2.05) is 0 Å². The van der Waals surface area contributed by atoms with Crippen LogP contribution in [-0.2, 0) is 19.3 Å². The van der Waals surface area contributed by atoms with Gasteiger partial charge in [0, 0.05) is 19.3 Å². The summed E-state index contributed by atoms with van der Waals surface area (Å²) >= 11 is 0. The summed E-state index contributed by atoms with van der Waals surface area (Å²) in [7, 11) is -3.38. The molecule has 1 saturated heterocycles. The number of alkyl halides is 3. The molecular formula is C23H33F3N2O6S. The second-order valence-electron chi connectivity index (χ2n) is 9.72. The van der Waals surface area contributed by atoms with Gasteiger partial charge in [0.1, 0.15) is 5.75 Å². The van der Waals surface area contributed by atoms with Crippen LogP contribution in [0.3, 0.4) is 0 Å². The summed E-state index contributed by atoms with van der Waals surface area (Å²) in [5.41, 5.74) is -2.02. The molecule has 2 aliphatic rings. The number of hydrogen-bond donors (Lipinski definition) is 0. The molecule has 0 atom stereocenters. The number of carbonyl (C=O) groups is 1. The van der Waals surface area contributed by atoms with Crippen molar-refractivity contribution in [3.05, 3.63) is 17.8 Å². The number of hydrogen-bond acceptors (Lipinski definition) is 7. The molecule has 1 aliphatic heterocycles. The summed E-state index contributed by atoms with van der Waals surface area (Å²) in [6.45, 7) is 3.95. The first-order chi connectivity index (χ1) is 16.2. The van der Waals surface area contributed by atoms with Gasteiger partial charge in [0.05, 0.1) is 24.0 Å². The van der Waals surface area contributed by atoms with Crippen LogP contribution in [0.2, 0.25) is 0 Å². The molecule has 1 amide bonds. The van der Waals surface area contributed by atoms with Gasteiger partial charge >= 0.3 is 12.3 Å². The van der Waals surface area contributed by atoms with E-state index in [0.717, 1.165) is 45.8 Å². The summed E-state index contributed by atoms with van der Waals surface area (Å²) in [5, 5.41) is 0.0165. The molecule has 35 heavy (non-hydrogen) atoms. The molecule has 3 rings (SSSR count). The molecule has 8 nitrogen and oxygen atoms in total. The molecule has 12 heteroatoms. The molecule has 0 N–H and O–H groups in total. The first kappa shape index (κ1) is 27.5. The molecule has 1 aliphatic carbocycles. The molecule has 2 heterocycles. The van der Waals surface area contributed by atoms with Gasteiger partial charge in [0.2, 0.25) is 5.60 Å². The van der Waals surface area contributed by atoms with Crippen molar-refractivity contribution in [3.8, 4) is 5.75 Å². The molecule has 198 valence electrons. The largest absolute Gasteiger partial charge is 0.489 e. The molecule has 1 saturated carbocycles. The number of halogens is 3. The third-order valence-electron chi connectivity index (χ3n) is 6.42. The number of nitrogens with zero attached hydrogens (tertiary/aromatic N) is 2. The first-order valence-corrected chi connectivity index (χ1v) is 13.6. The smallest absolute Gasteiger partial charge is 0.427 e. The van der Waals surface area contributed by atoms with E-state index in [4.69, 9.17) is 14.2 Å². The minimum atomic E-state index is -4.64. The van der Waals surface area contributed by atoms with Crippen LogP contribution >= 0.6 is 0 Å². The lowest BCUT2D eigenvalue weighted by Crippen LogP contribution is -2.49. The van der Waals surface area contributed by atoms with Gasteiger partial charge in [-0.05, 0) is 71.4 Å². The number of aryl methyl sites for hydroxylation is 1. The van der Waals surface area contributed by atoms with Gasteiger partial charge in [-0.1, -0.05) is 0 Å². The van der Waals surface area contributed by atoms with E-state index in [1.165, 1.54) is 11.0 Å². The Balaban J connectivity index is 1.41. The highest BCUT2D eigenvalue weighted by atomic mass is 32.2. The Labute approximate surface area is 204 Å². The van der Waals surface area contributed by atoms with Crippen molar-refractivity contribution in [1.29, 1.82) is 0 Å². The highest BCUT2D eigenvalue weighted by Crippen LogP contribution is 2.34. The zero-order chi connectivity index (χ0) is 26.0. The summed E-state index contributed by atoms with van der Waals surface area (Å²) in [6.07, 6.45) is -0.313. The molecule has 1 aromatic rings. The first-order valence-electron chi connectivity index (χ1n) is 11.7. The number of carbonyl (C=O) groups excluding carboxylic acids is 1. The van der Waals surface area contributed by atoms with E-state index in [0.29, 0.717) is 24.3 Å². The van der Waals surface area contributed by atoms with Gasteiger partial charge in [-0.15, -0.1) is 0 Å². The van der Waals surface area contributed by atoms with Crippen LogP contribution in [-0.4, -0.2) is 73.8 Å². The van der Waals surface area contributed by atoms with Crippen molar-refractivity contribution in [1.82, 2.24) is 9.88 Å². The molecule has 0 radical (unpaired) electrons. The van der Waals surface area contributed by atoms with Gasteiger partial charge in [-0.25, -0.2) is 18.2 Å². The second-order valence-corrected chi connectivity index (χ2v) is 11.7. The SMILES string of the molecule is Cc1nc(S(C)(=O)=O)ccc1OC1CCC(OC2CCN(C(=O)OC(C)(C)C(F)(F)F)CC2)CC1. The standard InChI is InChI=1S/C23H33F3N2O6S/c1-15-19(9-10-20(27-15)35(4,30)31)33-17-7-5-16(6-8-17)32-18-11-13-28(14-12-18)21(29)34-22(2,3)23(24,25)26/h9-10,16-18H,5-8,11-14H2,1-4H3. The average molecular weight is 523 g/mol. The van der Waals surface area contributed by atoms with Gasteiger partial charge in [-0.2, -0.15) is 13.2 Å². The third kappa shape index (κ3) is 7.22. The number of sulfone groups is 1. The van der Waals surface area contributed by atoms with Crippen LogP contribution in [0.25, 0.3) is 0 Å². The molecule has 0 spiro atoms. The second kappa shape index (κ2) is 10.5. The molecule has 1 aromatic heterocycles. The Morgan fingerprint density at radius 3 is 2.06 bits per heavy atom. The van der Waals surface area contributed by atoms with Crippen molar-refractivity contribution in [2.75, 3.05) is 19.3 Å². The molecule has 2 fully saturated rings. The highest BCUT2D eigenvalue weighted by molar-refractivity contribution is 7.90. The van der Waals surface area contributed by atoms with E-state index < -0.39 is 27.7 Å². The maximum absolute atomic E-state index is 13.0. The fourth-order valence-electron chi connectivity index (χ4n) is 4.11. The Hall–Kier alpha value is -2.08. The Kier molecular flexibility index (Phi) is 8.25. The predicted octanol–water partition coefficient (Wildman–Crippen LogP) is 4.44. The fourth-order valence-corrected chi connectivity index (χ4v) is 4.73. The van der Waals surface area contributed by atoms with Gasteiger partial charge in [0.15, 0.2) is 14.9 Å². The van der Waals surface area contributed by atoms with E-state index in [-0.39, 0.29) is 36.4 Å². The lowest BCUT2D eigenvalue weighted by atomic mass is 9.94. The van der Waals surface area contributed by atoms with Crippen LogP contribution in [0.5, 0.6) is 5.75 Å². The number of ether oxygens (including phenoxy) is 3. The zero-order valence-corrected chi connectivity index (χ0v) is 21.2. The number of likely N-dealkylation sites (tertiary alicyclic amines) is 1. The van der Waals surface area contributed by atoms with Crippen LogP contribution in [0.15, 0.2) is 17.2 Å². The maximum atomic E-state index is 13.0. The fraction of sp³-hybridized carbons (Fsp3) is 0.739. The molecule has 0 aromatic carbocycles. The number of pyridine rings is 1. The minimum absolute atomic E-state index is 0.0165. The number of piperidine rings is 1. The summed E-state index contributed by atoms with van der Waals surface area (Å²) < 4.78 is 79.1. The Morgan fingerprint density at radius 2 is 1.54 bits per heavy atom. The Bertz CT molecular complexity index is 999. The Morgan fingerprint density at radius 1 is 1.00 bits per heavy atom. The van der Waals surface area contributed by atoms with E-state index in [2.05, 4.69) is 4.98 Å². The van der Waals surface area contributed by atoms with Crippen molar-refractivity contribution in [3.63, 3.8) is 0 Å². The van der Waals surface area contributed by atoms with Gasteiger partial charge in [-0.3, -0.25) is 0 Å². The van der Waals surface area contributed by atoms with Crippen molar-refractivity contribution >= 4 is 15.9 Å². The van der Waals surface area contributed by atoms with E-state index >= 15 is 0 Å². The lowest BCUT2D eigenvalue weighted by Gasteiger charge is -2.37. The third-order valence-corrected chi connectivity index (χ3v) is 7.40. The summed E-state index contributed by atoms with van der Waals surface area (Å²) in [4.78, 5) is 17.6. The number of amides is 1. The minimum Gasteiger partial charge on any atom is -0.489 e. The molecule has 0 bridgehead atoms.